The number of ether oxygens (including phenoxy) is 1. The lowest BCUT2D eigenvalue weighted by Crippen LogP contribution is -1.96. The maximum absolute atomic E-state index is 5.13. The van der Waals surface area contributed by atoms with Gasteiger partial charge in [-0.15, -0.1) is 0 Å². The third-order valence-electron chi connectivity index (χ3n) is 1.45. The van der Waals surface area contributed by atoms with E-state index >= 15 is 0 Å². The fraction of sp³-hybridized carbons (Fsp3) is 0.400. The minimum atomic E-state index is -0.0284. The average Bonchev–Trinajstić information content (AvgIpc) is 2.62. The lowest BCUT2D eigenvalue weighted by molar-refractivity contribution is 0.369. The van der Waals surface area contributed by atoms with Crippen molar-refractivity contribution in [3.05, 3.63) is 36.5 Å². The van der Waals surface area contributed by atoms with Gasteiger partial charge in [0.15, 0.2) is 0 Å². The maximum atomic E-state index is 5.13. The van der Waals surface area contributed by atoms with Gasteiger partial charge in [-0.2, -0.15) is 0 Å². The molecule has 0 spiro atoms. The maximum Gasteiger partial charge on any atom is 0.108 e. The van der Waals surface area contributed by atoms with Crippen molar-refractivity contribution in [2.45, 2.75) is 19.4 Å². The van der Waals surface area contributed by atoms with E-state index < -0.39 is 0 Å². The van der Waals surface area contributed by atoms with E-state index in [9.17, 15) is 0 Å². The van der Waals surface area contributed by atoms with Crippen molar-refractivity contribution in [1.82, 2.24) is 0 Å². The smallest absolute Gasteiger partial charge is 0.108 e. The molecule has 0 aliphatic carbocycles. The summed E-state index contributed by atoms with van der Waals surface area (Å²) in [7, 11) is 0. The van der Waals surface area contributed by atoms with E-state index in [0.717, 1.165) is 12.2 Å². The van der Waals surface area contributed by atoms with Crippen LogP contribution in [0.15, 0.2) is 30.4 Å². The van der Waals surface area contributed by atoms with Crippen LogP contribution in [-0.2, 0) is 4.74 Å². The van der Waals surface area contributed by atoms with E-state index in [4.69, 9.17) is 4.74 Å². The average molecular weight is 149 g/mol. The van der Waals surface area contributed by atoms with Crippen molar-refractivity contribution < 1.29 is 4.74 Å². The van der Waals surface area contributed by atoms with Gasteiger partial charge in [-0.05, 0) is 26.0 Å². The van der Waals surface area contributed by atoms with Crippen LogP contribution in [0.3, 0.4) is 0 Å². The van der Waals surface area contributed by atoms with Gasteiger partial charge in [0.2, 0.25) is 0 Å². The monoisotopic (exact) mass is 149 g/mol. The number of rotatable bonds is 3. The second-order valence-electron chi connectivity index (χ2n) is 3.09. The van der Waals surface area contributed by atoms with Gasteiger partial charge in [-0.25, -0.2) is 0 Å². The Bertz CT molecular complexity index is 207. The molecule has 1 radical (unpaired) electrons. The molecule has 11 heavy (non-hydrogen) atoms. The van der Waals surface area contributed by atoms with Crippen molar-refractivity contribution in [3.8, 4) is 0 Å². The summed E-state index contributed by atoms with van der Waals surface area (Å²) in [5.74, 6) is 0. The molecule has 0 aromatic heterocycles. The summed E-state index contributed by atoms with van der Waals surface area (Å²) >= 11 is 0. The largest absolute Gasteiger partial charge is 0.365 e. The molecule has 1 fully saturated rings. The number of hydrogen-bond donors (Lipinski definition) is 0. The van der Waals surface area contributed by atoms with Crippen molar-refractivity contribution in [1.29, 1.82) is 0 Å². The minimum Gasteiger partial charge on any atom is -0.365 e. The summed E-state index contributed by atoms with van der Waals surface area (Å²) in [6.07, 6.45) is 8.74. The quantitative estimate of drug-likeness (QED) is 0.443. The predicted octanol–water partition coefficient (Wildman–Crippen LogP) is 2.27. The molecule has 0 aromatic carbocycles. The first-order chi connectivity index (χ1) is 5.12. The molecular formula is C10H13O. The Morgan fingerprint density at radius 2 is 2.36 bits per heavy atom. The van der Waals surface area contributed by atoms with Gasteiger partial charge in [-0.3, -0.25) is 0 Å². The molecule has 1 unspecified atom stereocenters. The molecule has 0 saturated carbocycles. The third kappa shape index (κ3) is 3.19. The van der Waals surface area contributed by atoms with E-state index in [0.29, 0.717) is 0 Å². The van der Waals surface area contributed by atoms with Crippen LogP contribution in [0.2, 0.25) is 0 Å². The zero-order valence-electron chi connectivity index (χ0n) is 7.05. The van der Waals surface area contributed by atoms with Crippen LogP contribution in [0.4, 0.5) is 0 Å². The number of epoxide rings is 1. The normalized spacial score (nSPS) is 30.0. The predicted molar refractivity (Wildman–Crippen MR) is 46.1 cm³/mol. The van der Waals surface area contributed by atoms with E-state index in [1.807, 2.05) is 32.1 Å². The van der Waals surface area contributed by atoms with E-state index in [-0.39, 0.29) is 5.60 Å². The molecule has 1 saturated heterocycles. The second kappa shape index (κ2) is 3.05. The van der Waals surface area contributed by atoms with Crippen molar-refractivity contribution in [3.63, 3.8) is 0 Å². The Balaban J connectivity index is 2.31. The summed E-state index contributed by atoms with van der Waals surface area (Å²) < 4.78 is 5.13. The van der Waals surface area contributed by atoms with Crippen LogP contribution in [-0.4, -0.2) is 12.2 Å². The lowest BCUT2D eigenvalue weighted by atomic mass is 10.2. The minimum absolute atomic E-state index is 0.0284. The molecule has 1 nitrogen and oxygen atoms in total. The standard InChI is InChI=1S/C10H13O/c1-9(2)6-4-5-7-10(3)8-11-10/h4,6-7H,1,8H2,2-3H3. The molecule has 1 aliphatic rings. The molecule has 1 heterocycles. The Kier molecular flexibility index (Phi) is 2.30. The van der Waals surface area contributed by atoms with Crippen LogP contribution < -0.4 is 0 Å². The SMILES string of the molecule is C=C(C)C=C/[C]=C/C1(C)CO1. The molecule has 59 valence electrons. The molecule has 1 rings (SSSR count). The van der Waals surface area contributed by atoms with Gasteiger partial charge < -0.3 is 4.74 Å². The Hall–Kier alpha value is -0.820. The van der Waals surface area contributed by atoms with E-state index in [2.05, 4.69) is 12.7 Å². The molecule has 0 N–H and O–H groups in total. The zero-order valence-corrected chi connectivity index (χ0v) is 7.05. The molecule has 1 atom stereocenters. The topological polar surface area (TPSA) is 12.5 Å². The first-order valence-corrected chi connectivity index (χ1v) is 3.69. The molecule has 0 aromatic rings. The first kappa shape index (κ1) is 8.28. The Labute approximate surface area is 68.1 Å². The van der Waals surface area contributed by atoms with Gasteiger partial charge in [-0.1, -0.05) is 24.3 Å². The third-order valence-corrected chi connectivity index (χ3v) is 1.45. The fourth-order valence-electron chi connectivity index (χ4n) is 0.612. The van der Waals surface area contributed by atoms with Crippen molar-refractivity contribution in [2.24, 2.45) is 0 Å². The zero-order chi connectivity index (χ0) is 8.32. The van der Waals surface area contributed by atoms with Crippen LogP contribution in [0.25, 0.3) is 0 Å². The van der Waals surface area contributed by atoms with Crippen LogP contribution in [0, 0.1) is 6.08 Å². The Morgan fingerprint density at radius 1 is 1.73 bits per heavy atom. The summed E-state index contributed by atoms with van der Waals surface area (Å²) in [5.41, 5.74) is 1.01. The van der Waals surface area contributed by atoms with Crippen LogP contribution >= 0.6 is 0 Å². The number of allylic oxidation sites excluding steroid dienone is 4. The Morgan fingerprint density at radius 3 is 2.82 bits per heavy atom. The van der Waals surface area contributed by atoms with Crippen LogP contribution in [0.5, 0.6) is 0 Å². The highest BCUT2D eigenvalue weighted by atomic mass is 16.6. The molecule has 0 bridgehead atoms. The van der Waals surface area contributed by atoms with E-state index in [1.165, 1.54) is 0 Å². The first-order valence-electron chi connectivity index (χ1n) is 3.69. The summed E-state index contributed by atoms with van der Waals surface area (Å²) in [6.45, 7) is 8.54. The van der Waals surface area contributed by atoms with Gasteiger partial charge in [0.1, 0.15) is 5.60 Å². The summed E-state index contributed by atoms with van der Waals surface area (Å²) in [6, 6.07) is 0. The highest BCUT2D eigenvalue weighted by Gasteiger charge is 2.35. The fourth-order valence-corrected chi connectivity index (χ4v) is 0.612. The molecule has 1 heteroatoms. The van der Waals surface area contributed by atoms with Gasteiger partial charge in [0, 0.05) is 0 Å². The molecule has 0 amide bonds. The highest BCUT2D eigenvalue weighted by molar-refractivity contribution is 5.16. The highest BCUT2D eigenvalue weighted by Crippen LogP contribution is 2.26. The summed E-state index contributed by atoms with van der Waals surface area (Å²) in [5, 5.41) is 0. The van der Waals surface area contributed by atoms with E-state index in [1.54, 1.807) is 0 Å². The summed E-state index contributed by atoms with van der Waals surface area (Å²) in [4.78, 5) is 0. The van der Waals surface area contributed by atoms with Gasteiger partial charge in [0.25, 0.3) is 0 Å². The van der Waals surface area contributed by atoms with Gasteiger partial charge in [0.05, 0.1) is 6.61 Å². The molecular weight excluding hydrogens is 136 g/mol. The van der Waals surface area contributed by atoms with Crippen LogP contribution in [0.1, 0.15) is 13.8 Å². The second-order valence-corrected chi connectivity index (χ2v) is 3.09. The molecule has 1 aliphatic heterocycles. The lowest BCUT2D eigenvalue weighted by Gasteiger charge is -1.89. The van der Waals surface area contributed by atoms with Crippen molar-refractivity contribution in [2.75, 3.05) is 6.61 Å². The number of hydrogen-bond acceptors (Lipinski definition) is 1. The van der Waals surface area contributed by atoms with Gasteiger partial charge >= 0.3 is 0 Å². The van der Waals surface area contributed by atoms with Crippen molar-refractivity contribution >= 4 is 0 Å².